The van der Waals surface area contributed by atoms with E-state index in [2.05, 4.69) is 51.2 Å². The smallest absolute Gasteiger partial charge is 0.0396 e. The monoisotopic (exact) mass is 225 g/mol. The molecule has 84 valence electrons. The van der Waals surface area contributed by atoms with Crippen LogP contribution < -0.4 is 5.32 Å². The Morgan fingerprint density at radius 3 is 2.47 bits per heavy atom. The average molecular weight is 226 g/mol. The van der Waals surface area contributed by atoms with Crippen LogP contribution in [-0.2, 0) is 5.41 Å². The first-order valence-electron chi connectivity index (χ1n) is 5.36. The van der Waals surface area contributed by atoms with E-state index >= 15 is 0 Å². The van der Waals surface area contributed by atoms with E-state index < -0.39 is 0 Å². The van der Waals surface area contributed by atoms with Crippen LogP contribution in [0.15, 0.2) is 18.2 Å². The number of benzene rings is 1. The zero-order valence-corrected chi connectivity index (χ0v) is 10.8. The summed E-state index contributed by atoms with van der Waals surface area (Å²) in [7, 11) is 0. The Kier molecular flexibility index (Phi) is 4.04. The molecule has 1 aromatic rings. The van der Waals surface area contributed by atoms with E-state index in [1.54, 1.807) is 0 Å². The van der Waals surface area contributed by atoms with E-state index in [0.717, 1.165) is 6.54 Å². The maximum absolute atomic E-state index is 5.67. The summed E-state index contributed by atoms with van der Waals surface area (Å²) in [6, 6.07) is 6.58. The summed E-state index contributed by atoms with van der Waals surface area (Å²) >= 11 is 5.67. The molecule has 0 atom stereocenters. The quantitative estimate of drug-likeness (QED) is 0.769. The maximum Gasteiger partial charge on any atom is 0.0396 e. The molecule has 0 amide bonds. The summed E-state index contributed by atoms with van der Waals surface area (Å²) in [6.45, 7) is 9.61. The number of aryl methyl sites for hydroxylation is 1. The molecule has 1 rings (SSSR count). The van der Waals surface area contributed by atoms with Crippen LogP contribution in [0.4, 0.5) is 5.69 Å². The first-order chi connectivity index (χ1) is 6.95. The van der Waals surface area contributed by atoms with Crippen molar-refractivity contribution >= 4 is 17.3 Å². The SMILES string of the molecule is Cc1ccc(C(C)(C)C)cc1NCCCl. The largest absolute Gasteiger partial charge is 0.384 e. The Bertz CT molecular complexity index is 326. The zero-order chi connectivity index (χ0) is 11.5. The van der Waals surface area contributed by atoms with Crippen molar-refractivity contribution in [2.45, 2.75) is 33.1 Å². The average Bonchev–Trinajstić information content (AvgIpc) is 2.15. The predicted octanol–water partition coefficient (Wildman–Crippen LogP) is 3.94. The lowest BCUT2D eigenvalue weighted by molar-refractivity contribution is 0.590. The molecule has 1 aromatic carbocycles. The highest BCUT2D eigenvalue weighted by Gasteiger charge is 2.14. The summed E-state index contributed by atoms with van der Waals surface area (Å²) in [4.78, 5) is 0. The Morgan fingerprint density at radius 1 is 1.27 bits per heavy atom. The van der Waals surface area contributed by atoms with Crippen molar-refractivity contribution < 1.29 is 0 Å². The number of alkyl halides is 1. The highest BCUT2D eigenvalue weighted by atomic mass is 35.5. The second-order valence-corrected chi connectivity index (χ2v) is 5.27. The van der Waals surface area contributed by atoms with Gasteiger partial charge in [0.25, 0.3) is 0 Å². The zero-order valence-electron chi connectivity index (χ0n) is 10.0. The van der Waals surface area contributed by atoms with E-state index in [4.69, 9.17) is 11.6 Å². The number of anilines is 1. The van der Waals surface area contributed by atoms with E-state index in [1.165, 1.54) is 16.8 Å². The van der Waals surface area contributed by atoms with Crippen LogP contribution in [0.5, 0.6) is 0 Å². The summed E-state index contributed by atoms with van der Waals surface area (Å²) in [5.41, 5.74) is 4.02. The Balaban J connectivity index is 2.95. The van der Waals surface area contributed by atoms with Crippen LogP contribution in [0.2, 0.25) is 0 Å². The van der Waals surface area contributed by atoms with Gasteiger partial charge in [0.1, 0.15) is 0 Å². The van der Waals surface area contributed by atoms with Gasteiger partial charge in [-0.2, -0.15) is 0 Å². The summed E-state index contributed by atoms with van der Waals surface area (Å²) < 4.78 is 0. The Labute approximate surface area is 97.8 Å². The van der Waals surface area contributed by atoms with Crippen molar-refractivity contribution in [3.8, 4) is 0 Å². The summed E-state index contributed by atoms with van der Waals surface area (Å²) in [6.07, 6.45) is 0. The van der Waals surface area contributed by atoms with Crippen molar-refractivity contribution in [1.82, 2.24) is 0 Å². The van der Waals surface area contributed by atoms with Crippen LogP contribution in [0, 0.1) is 6.92 Å². The third kappa shape index (κ3) is 3.42. The van der Waals surface area contributed by atoms with Gasteiger partial charge in [0.2, 0.25) is 0 Å². The molecule has 0 saturated carbocycles. The van der Waals surface area contributed by atoms with Gasteiger partial charge in [0.15, 0.2) is 0 Å². The lowest BCUT2D eigenvalue weighted by Gasteiger charge is -2.21. The van der Waals surface area contributed by atoms with E-state index in [9.17, 15) is 0 Å². The molecular weight excluding hydrogens is 206 g/mol. The first-order valence-corrected chi connectivity index (χ1v) is 5.89. The fourth-order valence-electron chi connectivity index (χ4n) is 1.46. The molecular formula is C13H20ClN. The van der Waals surface area contributed by atoms with E-state index in [-0.39, 0.29) is 5.41 Å². The molecule has 0 unspecified atom stereocenters. The highest BCUT2D eigenvalue weighted by Crippen LogP contribution is 2.26. The number of hydrogen-bond acceptors (Lipinski definition) is 1. The van der Waals surface area contributed by atoms with Gasteiger partial charge in [0, 0.05) is 18.1 Å². The van der Waals surface area contributed by atoms with Crippen molar-refractivity contribution in [3.05, 3.63) is 29.3 Å². The van der Waals surface area contributed by atoms with Gasteiger partial charge < -0.3 is 5.32 Å². The van der Waals surface area contributed by atoms with Crippen molar-refractivity contribution in [1.29, 1.82) is 0 Å². The molecule has 0 bridgehead atoms. The Morgan fingerprint density at radius 2 is 1.93 bits per heavy atom. The molecule has 1 nitrogen and oxygen atoms in total. The second kappa shape index (κ2) is 4.89. The van der Waals surface area contributed by atoms with Crippen LogP contribution in [0.25, 0.3) is 0 Å². The molecule has 2 heteroatoms. The minimum absolute atomic E-state index is 0.199. The molecule has 0 fully saturated rings. The molecule has 0 radical (unpaired) electrons. The normalized spacial score (nSPS) is 11.5. The maximum atomic E-state index is 5.67. The van der Waals surface area contributed by atoms with Crippen molar-refractivity contribution in [2.75, 3.05) is 17.7 Å². The van der Waals surface area contributed by atoms with E-state index in [0.29, 0.717) is 5.88 Å². The van der Waals surface area contributed by atoms with Crippen LogP contribution >= 0.6 is 11.6 Å². The topological polar surface area (TPSA) is 12.0 Å². The third-order valence-corrected chi connectivity index (χ3v) is 2.70. The molecule has 0 spiro atoms. The predicted molar refractivity (Wildman–Crippen MR) is 69.1 cm³/mol. The molecule has 1 N–H and O–H groups in total. The van der Waals surface area contributed by atoms with Crippen LogP contribution in [0.1, 0.15) is 31.9 Å². The fraction of sp³-hybridized carbons (Fsp3) is 0.538. The summed E-state index contributed by atoms with van der Waals surface area (Å²) in [5, 5.41) is 3.34. The Hall–Kier alpha value is -0.690. The fourth-order valence-corrected chi connectivity index (χ4v) is 1.56. The summed E-state index contributed by atoms with van der Waals surface area (Å²) in [5.74, 6) is 0.638. The molecule has 0 saturated heterocycles. The van der Waals surface area contributed by atoms with Crippen LogP contribution in [-0.4, -0.2) is 12.4 Å². The second-order valence-electron chi connectivity index (χ2n) is 4.90. The van der Waals surface area contributed by atoms with Gasteiger partial charge in [0.05, 0.1) is 0 Å². The number of halogens is 1. The minimum atomic E-state index is 0.199. The van der Waals surface area contributed by atoms with Gasteiger partial charge >= 0.3 is 0 Å². The van der Waals surface area contributed by atoms with Gasteiger partial charge in [-0.25, -0.2) is 0 Å². The number of hydrogen-bond donors (Lipinski definition) is 1. The number of nitrogens with one attached hydrogen (secondary N) is 1. The first kappa shape index (κ1) is 12.4. The number of rotatable bonds is 3. The van der Waals surface area contributed by atoms with Gasteiger partial charge in [-0.3, -0.25) is 0 Å². The molecule has 0 aliphatic carbocycles. The van der Waals surface area contributed by atoms with Crippen molar-refractivity contribution in [2.24, 2.45) is 0 Å². The lowest BCUT2D eigenvalue weighted by Crippen LogP contribution is -2.12. The molecule has 15 heavy (non-hydrogen) atoms. The molecule has 0 heterocycles. The minimum Gasteiger partial charge on any atom is -0.384 e. The van der Waals surface area contributed by atoms with E-state index in [1.807, 2.05) is 0 Å². The highest BCUT2D eigenvalue weighted by molar-refractivity contribution is 6.18. The van der Waals surface area contributed by atoms with Gasteiger partial charge in [-0.15, -0.1) is 11.6 Å². The molecule has 0 aliphatic rings. The standard InChI is InChI=1S/C13H20ClN/c1-10-5-6-11(13(2,3)4)9-12(10)15-8-7-14/h5-6,9,15H,7-8H2,1-4H3. The van der Waals surface area contributed by atoms with Crippen molar-refractivity contribution in [3.63, 3.8) is 0 Å². The van der Waals surface area contributed by atoms with Gasteiger partial charge in [-0.05, 0) is 29.5 Å². The third-order valence-electron chi connectivity index (χ3n) is 2.51. The lowest BCUT2D eigenvalue weighted by atomic mass is 9.86. The van der Waals surface area contributed by atoms with Gasteiger partial charge in [-0.1, -0.05) is 32.9 Å². The molecule has 0 aliphatic heterocycles. The molecule has 0 aromatic heterocycles. The van der Waals surface area contributed by atoms with Crippen LogP contribution in [0.3, 0.4) is 0 Å².